The van der Waals surface area contributed by atoms with Crippen molar-refractivity contribution in [3.05, 3.63) is 65.2 Å². The summed E-state index contributed by atoms with van der Waals surface area (Å²) >= 11 is 4.60. The maximum atomic E-state index is 14.5. The van der Waals surface area contributed by atoms with Gasteiger partial charge in [-0.05, 0) is 30.3 Å². The molecule has 1 saturated heterocycles. The van der Waals surface area contributed by atoms with E-state index in [4.69, 9.17) is 5.73 Å². The van der Waals surface area contributed by atoms with Crippen LogP contribution >= 0.6 is 12.2 Å². The van der Waals surface area contributed by atoms with Gasteiger partial charge in [-0.1, -0.05) is 30.3 Å². The third kappa shape index (κ3) is 5.21. The van der Waals surface area contributed by atoms with Crippen molar-refractivity contribution in [1.82, 2.24) is 10.7 Å². The predicted molar refractivity (Wildman–Crippen MR) is 108 cm³/mol. The highest BCUT2D eigenvalue weighted by Gasteiger charge is 2.25. The molecule has 2 aromatic carbocycles. The number of nitrogens with zero attached hydrogens (tertiary/aromatic N) is 2. The van der Waals surface area contributed by atoms with Gasteiger partial charge in [-0.25, -0.2) is 8.78 Å². The van der Waals surface area contributed by atoms with Gasteiger partial charge >= 0.3 is 0 Å². The van der Waals surface area contributed by atoms with Crippen molar-refractivity contribution >= 4 is 29.2 Å². The zero-order chi connectivity index (χ0) is 19.2. The molecule has 2 aromatic rings. The zero-order valence-electron chi connectivity index (χ0n) is 14.7. The van der Waals surface area contributed by atoms with Crippen LogP contribution in [0.4, 0.5) is 14.5 Å². The smallest absolute Gasteiger partial charge is 0.184 e. The summed E-state index contributed by atoms with van der Waals surface area (Å²) in [6, 6.07) is 12.6. The molecule has 0 aromatic heterocycles. The van der Waals surface area contributed by atoms with E-state index < -0.39 is 11.6 Å². The third-order valence-corrected chi connectivity index (χ3v) is 4.50. The number of rotatable bonds is 6. The van der Waals surface area contributed by atoms with E-state index in [2.05, 4.69) is 40.2 Å². The van der Waals surface area contributed by atoms with E-state index in [0.717, 1.165) is 25.2 Å². The van der Waals surface area contributed by atoms with Crippen LogP contribution in [-0.2, 0) is 6.54 Å². The van der Waals surface area contributed by atoms with E-state index in [9.17, 15) is 8.78 Å². The molecule has 4 N–H and O–H groups in total. The molecule has 1 fully saturated rings. The summed E-state index contributed by atoms with van der Waals surface area (Å²) in [6.45, 7) is 2.04. The summed E-state index contributed by atoms with van der Waals surface area (Å²) in [7, 11) is 0. The van der Waals surface area contributed by atoms with Gasteiger partial charge in [-0.2, -0.15) is 5.10 Å². The summed E-state index contributed by atoms with van der Waals surface area (Å²) in [4.78, 5) is 1.86. The van der Waals surface area contributed by atoms with Gasteiger partial charge < -0.3 is 16.0 Å². The molecule has 0 saturated carbocycles. The van der Waals surface area contributed by atoms with E-state index in [0.29, 0.717) is 13.1 Å². The topological polar surface area (TPSA) is 65.7 Å². The standard InChI is InChI=1S/C19H21F2N5S/c20-16-9-18(17(21)8-14(16)11-24-25-19(22)27)26-7-6-15(12-26)23-10-13-4-2-1-3-5-13/h1-5,8-9,11,15,23H,6-7,10,12H2,(H3,22,25,27)/b24-11+/t15-/m1/s1. The van der Waals surface area contributed by atoms with Crippen LogP contribution in [0, 0.1) is 11.6 Å². The third-order valence-electron chi connectivity index (χ3n) is 4.41. The van der Waals surface area contributed by atoms with Crippen molar-refractivity contribution in [2.24, 2.45) is 10.8 Å². The van der Waals surface area contributed by atoms with E-state index in [-0.39, 0.29) is 22.4 Å². The molecule has 8 heteroatoms. The molecule has 0 amide bonds. The van der Waals surface area contributed by atoms with Crippen LogP contribution in [-0.4, -0.2) is 30.5 Å². The normalized spacial score (nSPS) is 16.8. The molecule has 1 aliphatic rings. The van der Waals surface area contributed by atoms with Gasteiger partial charge in [0.2, 0.25) is 0 Å². The minimum Gasteiger partial charge on any atom is -0.375 e. The van der Waals surface area contributed by atoms with Crippen LogP contribution < -0.4 is 21.4 Å². The molecule has 0 radical (unpaired) electrons. The molecule has 1 aliphatic heterocycles. The van der Waals surface area contributed by atoms with Crippen LogP contribution in [0.15, 0.2) is 47.6 Å². The Kier molecular flexibility index (Phi) is 6.31. The minimum atomic E-state index is -0.555. The van der Waals surface area contributed by atoms with Crippen LogP contribution in [0.25, 0.3) is 0 Å². The lowest BCUT2D eigenvalue weighted by atomic mass is 10.2. The Morgan fingerprint density at radius 1 is 1.26 bits per heavy atom. The molecule has 142 valence electrons. The number of hydrogen-bond donors (Lipinski definition) is 3. The highest BCUT2D eigenvalue weighted by atomic mass is 32.1. The van der Waals surface area contributed by atoms with Gasteiger partial charge in [0.05, 0.1) is 11.9 Å². The minimum absolute atomic E-state index is 0.0259. The fraction of sp³-hybridized carbons (Fsp3) is 0.263. The summed E-state index contributed by atoms with van der Waals surface area (Å²) in [5.41, 5.74) is 9.03. The maximum absolute atomic E-state index is 14.5. The Balaban J connectivity index is 1.62. The van der Waals surface area contributed by atoms with Gasteiger partial charge in [0, 0.05) is 37.3 Å². The summed E-state index contributed by atoms with van der Waals surface area (Å²) in [5.74, 6) is -1.04. The molecule has 27 heavy (non-hydrogen) atoms. The summed E-state index contributed by atoms with van der Waals surface area (Å²) in [6.07, 6.45) is 2.02. The number of hydrazone groups is 1. The van der Waals surface area contributed by atoms with Crippen molar-refractivity contribution in [1.29, 1.82) is 0 Å². The Morgan fingerprint density at radius 2 is 2.04 bits per heavy atom. The lowest BCUT2D eigenvalue weighted by molar-refractivity contribution is 0.550. The molecule has 0 bridgehead atoms. The number of halogens is 2. The molecule has 3 rings (SSSR count). The van der Waals surface area contributed by atoms with Crippen molar-refractivity contribution < 1.29 is 8.78 Å². The number of anilines is 1. The van der Waals surface area contributed by atoms with E-state index in [1.54, 1.807) is 0 Å². The van der Waals surface area contributed by atoms with Crippen LogP contribution in [0.5, 0.6) is 0 Å². The maximum Gasteiger partial charge on any atom is 0.184 e. The number of hydrogen-bond acceptors (Lipinski definition) is 4. The lowest BCUT2D eigenvalue weighted by Gasteiger charge is -2.20. The first-order valence-corrected chi connectivity index (χ1v) is 9.03. The van der Waals surface area contributed by atoms with Crippen molar-refractivity contribution in [3.63, 3.8) is 0 Å². The Hall–Kier alpha value is -2.58. The Morgan fingerprint density at radius 3 is 2.78 bits per heavy atom. The second-order valence-electron chi connectivity index (χ2n) is 6.36. The molecule has 5 nitrogen and oxygen atoms in total. The molecule has 1 atom stereocenters. The second-order valence-corrected chi connectivity index (χ2v) is 6.80. The molecular weight excluding hydrogens is 368 g/mol. The van der Waals surface area contributed by atoms with Crippen molar-refractivity contribution in [2.45, 2.75) is 19.0 Å². The number of benzene rings is 2. The van der Waals surface area contributed by atoms with Crippen molar-refractivity contribution in [3.8, 4) is 0 Å². The van der Waals surface area contributed by atoms with E-state index in [1.807, 2.05) is 23.1 Å². The largest absolute Gasteiger partial charge is 0.375 e. The fourth-order valence-corrected chi connectivity index (χ4v) is 3.11. The van der Waals surface area contributed by atoms with Gasteiger partial charge in [0.1, 0.15) is 11.6 Å². The number of nitrogens with one attached hydrogen (secondary N) is 2. The number of nitrogens with two attached hydrogens (primary N) is 1. The quantitative estimate of drug-likeness (QED) is 0.403. The molecule has 0 unspecified atom stereocenters. The molecule has 0 aliphatic carbocycles. The van der Waals surface area contributed by atoms with Gasteiger partial charge in [-0.3, -0.25) is 5.43 Å². The highest BCUT2D eigenvalue weighted by molar-refractivity contribution is 7.80. The molecule has 1 heterocycles. The Bertz CT molecular complexity index is 828. The second kappa shape index (κ2) is 8.88. The monoisotopic (exact) mass is 389 g/mol. The van der Waals surface area contributed by atoms with E-state index in [1.165, 1.54) is 11.6 Å². The zero-order valence-corrected chi connectivity index (χ0v) is 15.5. The first-order chi connectivity index (χ1) is 13.0. The van der Waals surface area contributed by atoms with Gasteiger partial charge in [-0.15, -0.1) is 0 Å². The molecular formula is C19H21F2N5S. The van der Waals surface area contributed by atoms with Gasteiger partial charge in [0.15, 0.2) is 5.11 Å². The van der Waals surface area contributed by atoms with Crippen LogP contribution in [0.1, 0.15) is 17.5 Å². The van der Waals surface area contributed by atoms with Crippen LogP contribution in [0.3, 0.4) is 0 Å². The van der Waals surface area contributed by atoms with Gasteiger partial charge in [0.25, 0.3) is 0 Å². The summed E-state index contributed by atoms with van der Waals surface area (Å²) in [5, 5.41) is 7.09. The van der Waals surface area contributed by atoms with Crippen molar-refractivity contribution in [2.75, 3.05) is 18.0 Å². The lowest BCUT2D eigenvalue weighted by Crippen LogP contribution is -2.32. The summed E-state index contributed by atoms with van der Waals surface area (Å²) < 4.78 is 28.8. The first kappa shape index (κ1) is 19.2. The average Bonchev–Trinajstić information content (AvgIpc) is 3.12. The highest BCUT2D eigenvalue weighted by Crippen LogP contribution is 2.26. The predicted octanol–water partition coefficient (Wildman–Crippen LogP) is 2.50. The van der Waals surface area contributed by atoms with Crippen LogP contribution in [0.2, 0.25) is 0 Å². The average molecular weight is 389 g/mol. The Labute approximate surface area is 162 Å². The fourth-order valence-electron chi connectivity index (χ4n) is 3.06. The van der Waals surface area contributed by atoms with E-state index >= 15 is 0 Å². The number of thiocarbonyl (C=S) groups is 1. The molecule has 0 spiro atoms. The SMILES string of the molecule is NC(=S)N/N=C/c1cc(F)c(N2CC[C@@H](NCc3ccccc3)C2)cc1F. The first-order valence-electron chi connectivity index (χ1n) is 8.62.